The van der Waals surface area contributed by atoms with Crippen molar-refractivity contribution in [2.45, 2.75) is 44.2 Å². The Hall–Kier alpha value is -0.760. The molecule has 76 valence electrons. The molecule has 0 spiro atoms. The van der Waals surface area contributed by atoms with Crippen molar-refractivity contribution in [1.82, 2.24) is 9.88 Å². The highest BCUT2D eigenvalue weighted by atomic mass is 15.0. The van der Waals surface area contributed by atoms with Crippen LogP contribution >= 0.6 is 0 Å². The monoisotopic (exact) mass is 190 g/mol. The maximum atomic E-state index is 3.75. The first-order chi connectivity index (χ1) is 6.83. The molecular weight excluding hydrogens is 172 g/mol. The fourth-order valence-electron chi connectivity index (χ4n) is 2.54. The van der Waals surface area contributed by atoms with Crippen molar-refractivity contribution in [2.24, 2.45) is 7.05 Å². The molecule has 0 saturated heterocycles. The third kappa shape index (κ3) is 1.48. The van der Waals surface area contributed by atoms with Crippen LogP contribution in [-0.2, 0) is 13.5 Å². The topological polar surface area (TPSA) is 17.0 Å². The van der Waals surface area contributed by atoms with E-state index >= 15 is 0 Å². The summed E-state index contributed by atoms with van der Waals surface area (Å²) in [6.45, 7) is 0. The summed E-state index contributed by atoms with van der Waals surface area (Å²) in [5, 5.41) is 3.75. The minimum Gasteiger partial charge on any atom is -0.357 e. The second-order valence-electron chi connectivity index (χ2n) is 4.79. The minimum atomic E-state index is 0.646. The van der Waals surface area contributed by atoms with E-state index in [1.165, 1.54) is 32.1 Å². The molecule has 0 bridgehead atoms. The molecule has 1 N–H and O–H groups in total. The van der Waals surface area contributed by atoms with E-state index in [2.05, 4.69) is 29.3 Å². The van der Waals surface area contributed by atoms with Crippen molar-refractivity contribution < 1.29 is 0 Å². The molecule has 1 aromatic heterocycles. The summed E-state index contributed by atoms with van der Waals surface area (Å²) in [5.74, 6) is 0. The first-order valence-corrected chi connectivity index (χ1v) is 5.74. The van der Waals surface area contributed by atoms with Gasteiger partial charge in [-0.2, -0.15) is 0 Å². The van der Waals surface area contributed by atoms with Crippen molar-refractivity contribution in [3.63, 3.8) is 0 Å². The minimum absolute atomic E-state index is 0.646. The van der Waals surface area contributed by atoms with E-state index in [0.29, 0.717) is 6.04 Å². The molecule has 0 amide bonds. The quantitative estimate of drug-likeness (QED) is 0.756. The van der Waals surface area contributed by atoms with Gasteiger partial charge in [-0.1, -0.05) is 0 Å². The molecule has 0 aromatic carbocycles. The zero-order valence-corrected chi connectivity index (χ0v) is 8.79. The number of nitrogens with one attached hydrogen (secondary N) is 1. The fraction of sp³-hybridized carbons (Fsp3) is 0.667. The molecule has 14 heavy (non-hydrogen) atoms. The maximum Gasteiger partial charge on any atom is 0.0340 e. The lowest BCUT2D eigenvalue weighted by atomic mass is 9.91. The molecule has 2 nitrogen and oxygen atoms in total. The van der Waals surface area contributed by atoms with Gasteiger partial charge >= 0.3 is 0 Å². The van der Waals surface area contributed by atoms with E-state index in [0.717, 1.165) is 6.04 Å². The van der Waals surface area contributed by atoms with Crippen molar-refractivity contribution in [3.8, 4) is 0 Å². The van der Waals surface area contributed by atoms with Crippen LogP contribution in [0.3, 0.4) is 0 Å². The third-order valence-electron chi connectivity index (χ3n) is 3.40. The molecule has 0 aliphatic heterocycles. The number of aryl methyl sites for hydroxylation is 2. The molecule has 1 heterocycles. The summed E-state index contributed by atoms with van der Waals surface area (Å²) in [5.41, 5.74) is 3.13. The van der Waals surface area contributed by atoms with Gasteiger partial charge in [-0.25, -0.2) is 0 Å². The predicted molar refractivity (Wildman–Crippen MR) is 57.2 cm³/mol. The van der Waals surface area contributed by atoms with Crippen LogP contribution in [0.1, 0.15) is 42.9 Å². The van der Waals surface area contributed by atoms with Gasteiger partial charge in [0, 0.05) is 31.5 Å². The van der Waals surface area contributed by atoms with E-state index in [1.807, 2.05) is 0 Å². The maximum absolute atomic E-state index is 3.75. The molecule has 1 atom stereocenters. The molecule has 2 heteroatoms. The summed E-state index contributed by atoms with van der Waals surface area (Å²) >= 11 is 0. The number of aromatic nitrogens is 1. The van der Waals surface area contributed by atoms with Crippen LogP contribution in [0.5, 0.6) is 0 Å². The predicted octanol–water partition coefficient (Wildman–Crippen LogP) is 2.15. The summed E-state index contributed by atoms with van der Waals surface area (Å²) in [6.07, 6.45) is 11.3. The zero-order chi connectivity index (χ0) is 9.54. The first kappa shape index (κ1) is 8.54. The van der Waals surface area contributed by atoms with Crippen molar-refractivity contribution in [2.75, 3.05) is 0 Å². The van der Waals surface area contributed by atoms with E-state index in [4.69, 9.17) is 0 Å². The number of hydrogen-bond donors (Lipinski definition) is 1. The number of nitrogens with zero attached hydrogens (tertiary/aromatic N) is 1. The average molecular weight is 190 g/mol. The van der Waals surface area contributed by atoms with Gasteiger partial charge in [-0.05, 0) is 43.2 Å². The summed E-state index contributed by atoms with van der Waals surface area (Å²) in [7, 11) is 2.13. The van der Waals surface area contributed by atoms with Gasteiger partial charge in [0.2, 0.25) is 0 Å². The highest BCUT2D eigenvalue weighted by Crippen LogP contribution is 2.33. The Labute approximate surface area is 85.3 Å². The Morgan fingerprint density at radius 3 is 2.93 bits per heavy atom. The lowest BCUT2D eigenvalue weighted by molar-refractivity contribution is 0.459. The largest absolute Gasteiger partial charge is 0.357 e. The SMILES string of the molecule is Cn1cc2c(c1)C(NC1CC1)CCC2. The lowest BCUT2D eigenvalue weighted by Gasteiger charge is -2.23. The Bertz CT molecular complexity index is 336. The number of fused-ring (bicyclic) bond motifs is 1. The van der Waals surface area contributed by atoms with Crippen LogP contribution in [-0.4, -0.2) is 10.6 Å². The molecular formula is C12H18N2. The third-order valence-corrected chi connectivity index (χ3v) is 3.40. The van der Waals surface area contributed by atoms with Gasteiger partial charge in [0.15, 0.2) is 0 Å². The van der Waals surface area contributed by atoms with E-state index in [-0.39, 0.29) is 0 Å². The number of rotatable bonds is 2. The zero-order valence-electron chi connectivity index (χ0n) is 8.79. The van der Waals surface area contributed by atoms with E-state index in [9.17, 15) is 0 Å². The summed E-state index contributed by atoms with van der Waals surface area (Å²) < 4.78 is 2.21. The highest BCUT2D eigenvalue weighted by molar-refractivity contribution is 5.30. The van der Waals surface area contributed by atoms with Crippen LogP contribution in [0.2, 0.25) is 0 Å². The molecule has 0 radical (unpaired) electrons. The van der Waals surface area contributed by atoms with Gasteiger partial charge in [0.1, 0.15) is 0 Å². The van der Waals surface area contributed by atoms with Crippen molar-refractivity contribution in [1.29, 1.82) is 0 Å². The lowest BCUT2D eigenvalue weighted by Crippen LogP contribution is -2.26. The van der Waals surface area contributed by atoms with E-state index in [1.54, 1.807) is 11.1 Å². The van der Waals surface area contributed by atoms with Crippen LogP contribution < -0.4 is 5.32 Å². The standard InChI is InChI=1S/C12H18N2/c1-14-7-9-3-2-4-12(11(9)8-14)13-10-5-6-10/h7-8,10,12-13H,2-6H2,1H3. The Morgan fingerprint density at radius 2 is 2.14 bits per heavy atom. The van der Waals surface area contributed by atoms with Crippen LogP contribution in [0.4, 0.5) is 0 Å². The van der Waals surface area contributed by atoms with Gasteiger partial charge in [-0.15, -0.1) is 0 Å². The van der Waals surface area contributed by atoms with Gasteiger partial charge < -0.3 is 9.88 Å². The smallest absolute Gasteiger partial charge is 0.0340 e. The molecule has 2 aliphatic carbocycles. The first-order valence-electron chi connectivity index (χ1n) is 5.74. The molecule has 1 fully saturated rings. The molecule has 1 saturated carbocycles. The summed E-state index contributed by atoms with van der Waals surface area (Å²) in [4.78, 5) is 0. The highest BCUT2D eigenvalue weighted by Gasteiger charge is 2.28. The molecule has 1 aromatic rings. The Kier molecular flexibility index (Phi) is 1.91. The second-order valence-corrected chi connectivity index (χ2v) is 4.79. The van der Waals surface area contributed by atoms with Crippen LogP contribution in [0.25, 0.3) is 0 Å². The van der Waals surface area contributed by atoms with Gasteiger partial charge in [0.05, 0.1) is 0 Å². The van der Waals surface area contributed by atoms with Crippen molar-refractivity contribution >= 4 is 0 Å². The van der Waals surface area contributed by atoms with Gasteiger partial charge in [-0.3, -0.25) is 0 Å². The normalized spacial score (nSPS) is 26.2. The fourth-order valence-corrected chi connectivity index (χ4v) is 2.54. The van der Waals surface area contributed by atoms with E-state index < -0.39 is 0 Å². The molecule has 3 rings (SSSR count). The number of hydrogen-bond acceptors (Lipinski definition) is 1. The van der Waals surface area contributed by atoms with Crippen LogP contribution in [0, 0.1) is 0 Å². The molecule has 2 aliphatic rings. The summed E-state index contributed by atoms with van der Waals surface area (Å²) in [6, 6.07) is 1.47. The second kappa shape index (κ2) is 3.13. The van der Waals surface area contributed by atoms with Gasteiger partial charge in [0.25, 0.3) is 0 Å². The molecule has 1 unspecified atom stereocenters. The Balaban J connectivity index is 1.85. The van der Waals surface area contributed by atoms with Crippen LogP contribution in [0.15, 0.2) is 12.4 Å². The van der Waals surface area contributed by atoms with Crippen molar-refractivity contribution in [3.05, 3.63) is 23.5 Å². The Morgan fingerprint density at radius 1 is 1.29 bits per heavy atom. The average Bonchev–Trinajstić information content (AvgIpc) is 2.87.